The van der Waals surface area contributed by atoms with E-state index in [1.54, 1.807) is 0 Å². The summed E-state index contributed by atoms with van der Waals surface area (Å²) in [4.78, 5) is 23.2. The van der Waals surface area contributed by atoms with Crippen molar-refractivity contribution < 1.29 is 14.7 Å². The number of carbonyl (C=O) groups is 2. The SMILES string of the molecule is CCCCCCCCCCCCCCCCCCCCC(=O)NC(C(=O)O)C(C)CC. The van der Waals surface area contributed by atoms with E-state index in [-0.39, 0.29) is 11.8 Å². The predicted molar refractivity (Wildman–Crippen MR) is 132 cm³/mol. The topological polar surface area (TPSA) is 66.4 Å². The van der Waals surface area contributed by atoms with E-state index < -0.39 is 12.0 Å². The molecule has 2 N–H and O–H groups in total. The molecule has 4 nitrogen and oxygen atoms in total. The number of hydrogen-bond donors (Lipinski definition) is 2. The van der Waals surface area contributed by atoms with E-state index in [9.17, 15) is 14.7 Å². The number of aliphatic carboxylic acids is 1. The van der Waals surface area contributed by atoms with Crippen molar-refractivity contribution >= 4 is 11.9 Å². The summed E-state index contributed by atoms with van der Waals surface area (Å²) in [7, 11) is 0. The Kier molecular flexibility index (Phi) is 21.4. The van der Waals surface area contributed by atoms with Gasteiger partial charge in [0, 0.05) is 6.42 Å². The summed E-state index contributed by atoms with van der Waals surface area (Å²) in [6.07, 6.45) is 25.1. The summed E-state index contributed by atoms with van der Waals surface area (Å²) in [5.41, 5.74) is 0. The summed E-state index contributed by atoms with van der Waals surface area (Å²) < 4.78 is 0. The molecule has 0 radical (unpaired) electrons. The van der Waals surface area contributed by atoms with Crippen LogP contribution in [-0.4, -0.2) is 23.0 Å². The van der Waals surface area contributed by atoms with Gasteiger partial charge in [-0.1, -0.05) is 136 Å². The molecule has 0 fully saturated rings. The normalized spacial score (nSPS) is 13.1. The number of carbonyl (C=O) groups excluding carboxylic acids is 1. The van der Waals surface area contributed by atoms with E-state index >= 15 is 0 Å². The Morgan fingerprint density at radius 3 is 1.32 bits per heavy atom. The van der Waals surface area contributed by atoms with E-state index in [2.05, 4.69) is 12.2 Å². The van der Waals surface area contributed by atoms with Crippen molar-refractivity contribution in [2.24, 2.45) is 5.92 Å². The van der Waals surface area contributed by atoms with E-state index in [1.807, 2.05) is 13.8 Å². The molecule has 1 amide bonds. The zero-order chi connectivity index (χ0) is 23.2. The van der Waals surface area contributed by atoms with Crippen LogP contribution < -0.4 is 5.32 Å². The highest BCUT2D eigenvalue weighted by Gasteiger charge is 2.24. The minimum Gasteiger partial charge on any atom is -0.480 e. The van der Waals surface area contributed by atoms with Crippen LogP contribution >= 0.6 is 0 Å². The monoisotopic (exact) mass is 439 g/mol. The largest absolute Gasteiger partial charge is 0.480 e. The highest BCUT2D eigenvalue weighted by atomic mass is 16.4. The fourth-order valence-corrected chi connectivity index (χ4v) is 4.12. The Labute approximate surface area is 193 Å². The molecule has 184 valence electrons. The second kappa shape index (κ2) is 22.1. The van der Waals surface area contributed by atoms with Crippen molar-refractivity contribution in [2.45, 2.75) is 155 Å². The fraction of sp³-hybridized carbons (Fsp3) is 0.926. The van der Waals surface area contributed by atoms with Crippen LogP contribution in [0.4, 0.5) is 0 Å². The van der Waals surface area contributed by atoms with Crippen LogP contribution in [0.5, 0.6) is 0 Å². The molecule has 31 heavy (non-hydrogen) atoms. The van der Waals surface area contributed by atoms with Gasteiger partial charge in [0.05, 0.1) is 0 Å². The molecule has 0 aromatic carbocycles. The fourth-order valence-electron chi connectivity index (χ4n) is 4.12. The number of unbranched alkanes of at least 4 members (excludes halogenated alkanes) is 17. The molecular formula is C27H53NO3. The lowest BCUT2D eigenvalue weighted by Gasteiger charge is -2.20. The van der Waals surface area contributed by atoms with Crippen molar-refractivity contribution in [3.05, 3.63) is 0 Å². The summed E-state index contributed by atoms with van der Waals surface area (Å²) in [6, 6.07) is -0.756. The average molecular weight is 440 g/mol. The first-order chi connectivity index (χ1) is 15.0. The molecular weight excluding hydrogens is 386 g/mol. The number of carboxylic acids is 1. The van der Waals surface area contributed by atoms with Crippen LogP contribution in [0.25, 0.3) is 0 Å². The van der Waals surface area contributed by atoms with E-state index in [1.165, 1.54) is 103 Å². The molecule has 0 aromatic heterocycles. The first kappa shape index (κ1) is 29.9. The lowest BCUT2D eigenvalue weighted by molar-refractivity contribution is -0.143. The molecule has 0 aliphatic carbocycles. The van der Waals surface area contributed by atoms with Crippen molar-refractivity contribution in [2.75, 3.05) is 0 Å². The second-order valence-electron chi connectivity index (χ2n) is 9.53. The van der Waals surface area contributed by atoms with Gasteiger partial charge in [0.25, 0.3) is 0 Å². The van der Waals surface area contributed by atoms with E-state index in [4.69, 9.17) is 0 Å². The number of nitrogens with one attached hydrogen (secondary N) is 1. The molecule has 0 saturated heterocycles. The Balaban J connectivity index is 3.36. The maximum atomic E-state index is 12.0. The van der Waals surface area contributed by atoms with Gasteiger partial charge in [0.1, 0.15) is 6.04 Å². The minimum atomic E-state index is -0.930. The summed E-state index contributed by atoms with van der Waals surface area (Å²) in [5.74, 6) is -1.09. The average Bonchev–Trinajstić information content (AvgIpc) is 2.75. The first-order valence-corrected chi connectivity index (χ1v) is 13.5. The van der Waals surface area contributed by atoms with Crippen LogP contribution in [-0.2, 0) is 9.59 Å². The van der Waals surface area contributed by atoms with Crippen LogP contribution in [0, 0.1) is 5.92 Å². The Bertz CT molecular complexity index is 425. The summed E-state index contributed by atoms with van der Waals surface area (Å²) >= 11 is 0. The van der Waals surface area contributed by atoms with Crippen LogP contribution in [0.3, 0.4) is 0 Å². The number of amides is 1. The molecule has 0 aromatic rings. The third kappa shape index (κ3) is 19.4. The molecule has 0 heterocycles. The highest BCUT2D eigenvalue weighted by Crippen LogP contribution is 2.15. The third-order valence-electron chi connectivity index (χ3n) is 6.55. The summed E-state index contributed by atoms with van der Waals surface area (Å²) in [6.45, 7) is 6.10. The third-order valence-corrected chi connectivity index (χ3v) is 6.55. The molecule has 0 aliphatic rings. The van der Waals surface area contributed by atoms with Gasteiger partial charge in [-0.25, -0.2) is 4.79 Å². The Morgan fingerprint density at radius 2 is 1.00 bits per heavy atom. The number of hydrogen-bond acceptors (Lipinski definition) is 2. The zero-order valence-corrected chi connectivity index (χ0v) is 21.1. The molecule has 0 bridgehead atoms. The Hall–Kier alpha value is -1.06. The van der Waals surface area contributed by atoms with Gasteiger partial charge in [-0.15, -0.1) is 0 Å². The van der Waals surface area contributed by atoms with Gasteiger partial charge < -0.3 is 10.4 Å². The van der Waals surface area contributed by atoms with Gasteiger partial charge in [0.2, 0.25) is 5.91 Å². The van der Waals surface area contributed by atoms with Gasteiger partial charge in [0.15, 0.2) is 0 Å². The van der Waals surface area contributed by atoms with Crippen molar-refractivity contribution in [1.82, 2.24) is 5.32 Å². The molecule has 2 atom stereocenters. The highest BCUT2D eigenvalue weighted by molar-refractivity contribution is 5.83. The second-order valence-corrected chi connectivity index (χ2v) is 9.53. The zero-order valence-electron chi connectivity index (χ0n) is 21.1. The smallest absolute Gasteiger partial charge is 0.326 e. The van der Waals surface area contributed by atoms with Gasteiger partial charge in [-0.3, -0.25) is 4.79 Å². The van der Waals surface area contributed by atoms with Gasteiger partial charge in [-0.05, 0) is 12.3 Å². The van der Waals surface area contributed by atoms with Crippen molar-refractivity contribution in [1.29, 1.82) is 0 Å². The number of carboxylic acid groups (broad SMARTS) is 1. The van der Waals surface area contributed by atoms with Crippen molar-refractivity contribution in [3.63, 3.8) is 0 Å². The maximum Gasteiger partial charge on any atom is 0.326 e. The molecule has 4 heteroatoms. The molecule has 0 aliphatic heterocycles. The molecule has 0 spiro atoms. The molecule has 0 rings (SSSR count). The number of rotatable bonds is 23. The van der Waals surface area contributed by atoms with E-state index in [0.717, 1.165) is 19.3 Å². The van der Waals surface area contributed by atoms with E-state index in [0.29, 0.717) is 6.42 Å². The van der Waals surface area contributed by atoms with Gasteiger partial charge in [-0.2, -0.15) is 0 Å². The van der Waals surface area contributed by atoms with Crippen LogP contribution in [0.1, 0.15) is 149 Å². The lowest BCUT2D eigenvalue weighted by atomic mass is 9.99. The predicted octanol–water partition coefficient (Wildman–Crippen LogP) is 8.03. The molecule has 2 unspecified atom stereocenters. The van der Waals surface area contributed by atoms with Gasteiger partial charge >= 0.3 is 5.97 Å². The first-order valence-electron chi connectivity index (χ1n) is 13.5. The molecule has 0 saturated carbocycles. The Morgan fingerprint density at radius 1 is 0.645 bits per heavy atom. The van der Waals surface area contributed by atoms with Crippen LogP contribution in [0.2, 0.25) is 0 Å². The standard InChI is InChI=1S/C27H53NO3/c1-4-6-7-8-9-10-11-12-13-14-15-16-17-18-19-20-21-22-23-25(29)28-26(27(30)31)24(3)5-2/h24,26H,4-23H2,1-3H3,(H,28,29)(H,30,31). The van der Waals surface area contributed by atoms with Crippen LogP contribution in [0.15, 0.2) is 0 Å². The maximum absolute atomic E-state index is 12.0. The minimum absolute atomic E-state index is 0.0400. The lowest BCUT2D eigenvalue weighted by Crippen LogP contribution is -2.44. The summed E-state index contributed by atoms with van der Waals surface area (Å²) in [5, 5.41) is 11.9. The van der Waals surface area contributed by atoms with Crippen molar-refractivity contribution in [3.8, 4) is 0 Å². The quantitative estimate of drug-likeness (QED) is 0.158.